The smallest absolute Gasteiger partial charge is 0.202 e. The van der Waals surface area contributed by atoms with Crippen LogP contribution in [0.25, 0.3) is 22.9 Å². The molecule has 44 heavy (non-hydrogen) atoms. The molecular formula is C39H30N4S. The molecule has 4 aliphatic rings. The Morgan fingerprint density at radius 3 is 2.34 bits per heavy atom. The van der Waals surface area contributed by atoms with Gasteiger partial charge in [0.25, 0.3) is 0 Å². The molecule has 0 spiro atoms. The van der Waals surface area contributed by atoms with Crippen molar-refractivity contribution in [1.29, 1.82) is 0 Å². The molecule has 0 amide bonds. The minimum Gasteiger partial charge on any atom is -0.336 e. The zero-order valence-corrected chi connectivity index (χ0v) is 24.8. The Morgan fingerprint density at radius 2 is 1.48 bits per heavy atom. The van der Waals surface area contributed by atoms with E-state index in [0.29, 0.717) is 0 Å². The number of aliphatic imine (C=N–C) groups is 1. The van der Waals surface area contributed by atoms with Crippen molar-refractivity contribution in [3.05, 3.63) is 161 Å². The van der Waals surface area contributed by atoms with Crippen LogP contribution in [0.15, 0.2) is 148 Å². The van der Waals surface area contributed by atoms with Gasteiger partial charge in [0.15, 0.2) is 0 Å². The molecule has 3 heterocycles. The molecule has 212 valence electrons. The van der Waals surface area contributed by atoms with E-state index in [1.807, 2.05) is 11.8 Å². The second-order valence-corrected chi connectivity index (χ2v) is 12.7. The predicted octanol–water partition coefficient (Wildman–Crippen LogP) is 8.82. The summed E-state index contributed by atoms with van der Waals surface area (Å²) in [5, 5.41) is 10.1. The molecule has 5 aromatic carbocycles. The van der Waals surface area contributed by atoms with Crippen molar-refractivity contribution < 1.29 is 0 Å². The highest BCUT2D eigenvalue weighted by atomic mass is 32.2. The molecule has 0 fully saturated rings. The van der Waals surface area contributed by atoms with Crippen molar-refractivity contribution in [2.45, 2.75) is 34.1 Å². The number of benzene rings is 5. The fourth-order valence-corrected chi connectivity index (χ4v) is 8.22. The van der Waals surface area contributed by atoms with Crippen molar-refractivity contribution in [2.75, 3.05) is 4.90 Å². The van der Waals surface area contributed by atoms with Crippen LogP contribution in [0, 0.1) is 0 Å². The number of fused-ring (bicyclic) bond motifs is 8. The summed E-state index contributed by atoms with van der Waals surface area (Å²) >= 11 is 1.89. The second kappa shape index (κ2) is 10.4. The lowest BCUT2D eigenvalue weighted by molar-refractivity contribution is 0.403. The summed E-state index contributed by atoms with van der Waals surface area (Å²) in [5.74, 6) is 1.11. The number of rotatable bonds is 2. The van der Waals surface area contributed by atoms with E-state index in [9.17, 15) is 0 Å². The number of hydrogen-bond acceptors (Lipinski definition) is 5. The zero-order chi connectivity index (χ0) is 29.0. The highest BCUT2D eigenvalue weighted by Gasteiger charge is 2.43. The molecule has 5 aromatic rings. The molecule has 2 N–H and O–H groups in total. The second-order valence-electron chi connectivity index (χ2n) is 11.6. The lowest BCUT2D eigenvalue weighted by Crippen LogP contribution is -2.53. The van der Waals surface area contributed by atoms with Crippen molar-refractivity contribution in [3.8, 4) is 0 Å². The van der Waals surface area contributed by atoms with E-state index in [-0.39, 0.29) is 24.3 Å². The van der Waals surface area contributed by atoms with Gasteiger partial charge < -0.3 is 10.2 Å². The molecule has 0 bridgehead atoms. The maximum atomic E-state index is 5.34. The largest absolute Gasteiger partial charge is 0.336 e. The Morgan fingerprint density at radius 1 is 0.705 bits per heavy atom. The van der Waals surface area contributed by atoms with E-state index in [0.717, 1.165) is 11.5 Å². The number of nitrogens with one attached hydrogen (secondary N) is 2. The maximum absolute atomic E-state index is 5.34. The van der Waals surface area contributed by atoms with Gasteiger partial charge in [-0.15, -0.1) is 0 Å². The molecule has 0 saturated carbocycles. The van der Waals surface area contributed by atoms with Crippen LogP contribution in [0.3, 0.4) is 0 Å². The number of allylic oxidation sites excluding steroid dienone is 2. The highest BCUT2D eigenvalue weighted by Crippen LogP contribution is 2.51. The quantitative estimate of drug-likeness (QED) is 0.213. The van der Waals surface area contributed by atoms with Gasteiger partial charge in [-0.05, 0) is 50.7 Å². The Balaban J connectivity index is 1.18. The number of hydrogen-bond donors (Lipinski definition) is 2. The summed E-state index contributed by atoms with van der Waals surface area (Å²) in [4.78, 5) is 10.4. The molecule has 3 aliphatic heterocycles. The Kier molecular flexibility index (Phi) is 6.06. The van der Waals surface area contributed by atoms with Gasteiger partial charge >= 0.3 is 0 Å². The fourth-order valence-electron chi connectivity index (χ4n) is 7.03. The monoisotopic (exact) mass is 586 g/mol. The number of nitrogens with zero attached hydrogens (tertiary/aromatic N) is 2. The van der Waals surface area contributed by atoms with Gasteiger partial charge in [-0.2, -0.15) is 0 Å². The van der Waals surface area contributed by atoms with E-state index in [1.165, 1.54) is 48.5 Å². The van der Waals surface area contributed by atoms with E-state index >= 15 is 0 Å². The highest BCUT2D eigenvalue weighted by molar-refractivity contribution is 7.99. The lowest BCUT2D eigenvalue weighted by atomic mass is 9.88. The van der Waals surface area contributed by atoms with Gasteiger partial charge in [0.2, 0.25) is 5.96 Å². The normalized spacial score (nSPS) is 22.8. The third-order valence-electron chi connectivity index (χ3n) is 9.10. The summed E-state index contributed by atoms with van der Waals surface area (Å²) in [6.45, 7) is 0. The average Bonchev–Trinajstić information content (AvgIpc) is 3.30. The minimum absolute atomic E-state index is 0.0847. The first-order valence-electron chi connectivity index (χ1n) is 15.2. The van der Waals surface area contributed by atoms with E-state index in [1.54, 1.807) is 0 Å². The summed E-state index contributed by atoms with van der Waals surface area (Å²) in [6, 6.07) is 39.1. The molecule has 4 atom stereocenters. The topological polar surface area (TPSA) is 39.7 Å². The maximum Gasteiger partial charge on any atom is 0.202 e. The summed E-state index contributed by atoms with van der Waals surface area (Å²) in [7, 11) is 0. The van der Waals surface area contributed by atoms with Gasteiger partial charge in [-0.25, -0.2) is 4.99 Å². The standard InChI is InChI=1S/C39H30N4S/c1-3-12-27(13-4-1)37-40-38(28-14-5-2-6-15-28)42-39(41-37)43-32-18-10-9-17-30(32)35-31-22-21-26-20-19-25-11-7-8-16-29(25)36(26)44-34(31)24-23-33(35)43/h1-24,30,32,37-38,40H,(H,41,42). The Labute approximate surface area is 261 Å². The van der Waals surface area contributed by atoms with Gasteiger partial charge in [-0.3, -0.25) is 5.32 Å². The summed E-state index contributed by atoms with van der Waals surface area (Å²) < 4.78 is 0. The predicted molar refractivity (Wildman–Crippen MR) is 183 cm³/mol. The molecule has 0 saturated heterocycles. The molecule has 4 nitrogen and oxygen atoms in total. The Hall–Kier alpha value is -4.84. The SMILES string of the molecule is C1=CC2c3c(ccc4c3C=Cc3ccc5ccccc5c3S4)N(C3=NC(c4ccccc4)NC(c4ccccc4)N3)C2C=C1. The van der Waals surface area contributed by atoms with Gasteiger partial charge in [0.05, 0.1) is 6.04 Å². The van der Waals surface area contributed by atoms with Crippen LogP contribution >= 0.6 is 11.8 Å². The average molecular weight is 587 g/mol. The van der Waals surface area contributed by atoms with Crippen molar-refractivity contribution in [2.24, 2.45) is 4.99 Å². The van der Waals surface area contributed by atoms with Gasteiger partial charge in [0, 0.05) is 21.4 Å². The van der Waals surface area contributed by atoms with Crippen molar-refractivity contribution in [1.82, 2.24) is 10.6 Å². The van der Waals surface area contributed by atoms with Crippen LogP contribution in [-0.4, -0.2) is 12.0 Å². The number of guanidine groups is 1. The summed E-state index contributed by atoms with van der Waals surface area (Å²) in [5.41, 5.74) is 7.48. The molecular weight excluding hydrogens is 557 g/mol. The van der Waals surface area contributed by atoms with Crippen LogP contribution in [0.2, 0.25) is 0 Å². The van der Waals surface area contributed by atoms with E-state index < -0.39 is 0 Å². The molecule has 0 aromatic heterocycles. The van der Waals surface area contributed by atoms with Gasteiger partial charge in [-0.1, -0.05) is 145 Å². The van der Waals surface area contributed by atoms with E-state index in [2.05, 4.69) is 161 Å². The lowest BCUT2D eigenvalue weighted by Gasteiger charge is -2.38. The minimum atomic E-state index is -0.178. The first kappa shape index (κ1) is 25.6. The molecule has 0 radical (unpaired) electrons. The third kappa shape index (κ3) is 4.15. The van der Waals surface area contributed by atoms with Crippen molar-refractivity contribution >= 4 is 46.3 Å². The van der Waals surface area contributed by atoms with Gasteiger partial charge in [0.1, 0.15) is 12.3 Å². The molecule has 1 aliphatic carbocycles. The van der Waals surface area contributed by atoms with Crippen LogP contribution in [0.5, 0.6) is 0 Å². The first-order valence-corrected chi connectivity index (χ1v) is 16.0. The zero-order valence-electron chi connectivity index (χ0n) is 24.0. The Bertz CT molecular complexity index is 2030. The third-order valence-corrected chi connectivity index (χ3v) is 10.3. The summed E-state index contributed by atoms with van der Waals surface area (Å²) in [6.07, 6.45) is 13.4. The van der Waals surface area contributed by atoms with Crippen LogP contribution in [-0.2, 0) is 0 Å². The molecule has 5 heteroatoms. The fraction of sp³-hybridized carbons (Fsp3) is 0.103. The number of anilines is 1. The first-order chi connectivity index (χ1) is 21.8. The molecule has 9 rings (SSSR count). The molecule has 4 unspecified atom stereocenters. The van der Waals surface area contributed by atoms with Crippen LogP contribution < -0.4 is 15.5 Å². The van der Waals surface area contributed by atoms with Crippen molar-refractivity contribution in [3.63, 3.8) is 0 Å². The van der Waals surface area contributed by atoms with E-state index in [4.69, 9.17) is 4.99 Å². The van der Waals surface area contributed by atoms with Crippen LogP contribution in [0.4, 0.5) is 5.69 Å². The van der Waals surface area contributed by atoms with Crippen LogP contribution in [0.1, 0.15) is 46.1 Å².